The van der Waals surface area contributed by atoms with Crippen LogP contribution in [0.15, 0.2) is 58.3 Å². The first-order chi connectivity index (χ1) is 13.1. The van der Waals surface area contributed by atoms with Gasteiger partial charge in [-0.25, -0.2) is 8.42 Å². The normalized spacial score (nSPS) is 17.5. The van der Waals surface area contributed by atoms with Gasteiger partial charge in [0.15, 0.2) is 0 Å². The molecule has 2 aromatic heterocycles. The van der Waals surface area contributed by atoms with E-state index in [0.29, 0.717) is 28.8 Å². The molecule has 0 fully saturated rings. The minimum absolute atomic E-state index is 0.342. The summed E-state index contributed by atoms with van der Waals surface area (Å²) in [6.45, 7) is 0.989. The smallest absolute Gasteiger partial charge is 0.253 e. The second-order valence-corrected chi connectivity index (χ2v) is 9.25. The van der Waals surface area contributed by atoms with Crippen molar-refractivity contribution in [2.45, 2.75) is 16.8 Å². The highest BCUT2D eigenvalue weighted by Gasteiger charge is 2.39. The number of rotatable bonds is 5. The van der Waals surface area contributed by atoms with Crippen LogP contribution in [0.3, 0.4) is 0 Å². The second kappa shape index (κ2) is 7.03. The Bertz CT molecular complexity index is 1040. The predicted molar refractivity (Wildman–Crippen MR) is 104 cm³/mol. The summed E-state index contributed by atoms with van der Waals surface area (Å²) in [6.07, 6.45) is 1.98. The molecule has 1 aromatic carbocycles. The number of sulfonamides is 1. The number of aromatic nitrogens is 1. The van der Waals surface area contributed by atoms with Crippen molar-refractivity contribution in [3.8, 4) is 11.5 Å². The first-order valence-electron chi connectivity index (χ1n) is 8.48. The zero-order chi connectivity index (χ0) is 19.0. The SMILES string of the molecule is COc1ccc(OC)c(C2c3cccn3CCN2S(=O)(=O)c2cccs2)c1. The van der Waals surface area contributed by atoms with Crippen molar-refractivity contribution in [2.75, 3.05) is 20.8 Å². The molecule has 4 rings (SSSR count). The van der Waals surface area contributed by atoms with E-state index in [0.717, 1.165) is 11.3 Å². The predicted octanol–water partition coefficient (Wildman–Crippen LogP) is 3.36. The van der Waals surface area contributed by atoms with E-state index in [-0.39, 0.29) is 0 Å². The number of benzene rings is 1. The maximum absolute atomic E-state index is 13.4. The maximum Gasteiger partial charge on any atom is 0.253 e. The van der Waals surface area contributed by atoms with E-state index in [9.17, 15) is 8.42 Å². The van der Waals surface area contributed by atoms with Crippen molar-refractivity contribution in [1.29, 1.82) is 0 Å². The highest BCUT2D eigenvalue weighted by molar-refractivity contribution is 7.91. The number of thiophene rings is 1. The minimum Gasteiger partial charge on any atom is -0.497 e. The third-order valence-corrected chi connectivity index (χ3v) is 8.02. The van der Waals surface area contributed by atoms with Crippen molar-refractivity contribution in [3.63, 3.8) is 0 Å². The van der Waals surface area contributed by atoms with Gasteiger partial charge < -0.3 is 14.0 Å². The quantitative estimate of drug-likeness (QED) is 0.654. The molecule has 0 radical (unpaired) electrons. The molecule has 0 saturated heterocycles. The van der Waals surface area contributed by atoms with Crippen molar-refractivity contribution in [3.05, 3.63) is 65.3 Å². The fourth-order valence-electron chi connectivity index (χ4n) is 3.51. The zero-order valence-electron chi connectivity index (χ0n) is 15.0. The number of ether oxygens (including phenoxy) is 2. The first-order valence-corrected chi connectivity index (χ1v) is 10.8. The van der Waals surface area contributed by atoms with Crippen LogP contribution in [0.4, 0.5) is 0 Å². The zero-order valence-corrected chi connectivity index (χ0v) is 16.7. The van der Waals surface area contributed by atoms with Gasteiger partial charge in [-0.2, -0.15) is 4.31 Å². The molecular weight excluding hydrogens is 384 g/mol. The molecule has 1 atom stereocenters. The summed E-state index contributed by atoms with van der Waals surface area (Å²) in [5, 5.41) is 1.78. The van der Waals surface area contributed by atoms with E-state index in [1.165, 1.54) is 11.3 Å². The highest BCUT2D eigenvalue weighted by atomic mass is 32.2. The molecule has 1 aliphatic heterocycles. The Hall–Kier alpha value is -2.29. The molecule has 0 aliphatic carbocycles. The molecule has 3 aromatic rings. The van der Waals surface area contributed by atoms with Crippen LogP contribution in [0.2, 0.25) is 0 Å². The molecule has 27 heavy (non-hydrogen) atoms. The van der Waals surface area contributed by atoms with Crippen LogP contribution in [0.1, 0.15) is 17.3 Å². The van der Waals surface area contributed by atoms with Crippen LogP contribution in [0.25, 0.3) is 0 Å². The summed E-state index contributed by atoms with van der Waals surface area (Å²) >= 11 is 1.23. The van der Waals surface area contributed by atoms with Crippen molar-refractivity contribution in [1.82, 2.24) is 8.87 Å². The second-order valence-electron chi connectivity index (χ2n) is 6.18. The van der Waals surface area contributed by atoms with Gasteiger partial charge in [0, 0.05) is 30.5 Å². The third-order valence-electron chi connectivity index (χ3n) is 4.78. The van der Waals surface area contributed by atoms with E-state index in [2.05, 4.69) is 4.57 Å². The molecule has 0 N–H and O–H groups in total. The lowest BCUT2D eigenvalue weighted by molar-refractivity contribution is 0.290. The Morgan fingerprint density at radius 3 is 2.63 bits per heavy atom. The number of hydrogen-bond donors (Lipinski definition) is 0. The maximum atomic E-state index is 13.4. The molecule has 0 bridgehead atoms. The molecule has 0 saturated carbocycles. The lowest BCUT2D eigenvalue weighted by Gasteiger charge is -2.36. The van der Waals surface area contributed by atoms with Gasteiger partial charge in [0.2, 0.25) is 0 Å². The Morgan fingerprint density at radius 1 is 1.07 bits per heavy atom. The summed E-state index contributed by atoms with van der Waals surface area (Å²) < 4.78 is 41.7. The summed E-state index contributed by atoms with van der Waals surface area (Å²) in [7, 11) is -0.458. The number of methoxy groups -OCH3 is 2. The van der Waals surface area contributed by atoms with Gasteiger partial charge in [0.25, 0.3) is 10.0 Å². The molecule has 142 valence electrons. The minimum atomic E-state index is -3.64. The number of nitrogens with zero attached hydrogens (tertiary/aromatic N) is 2. The number of hydrogen-bond acceptors (Lipinski definition) is 5. The molecule has 0 amide bonds. The lowest BCUT2D eigenvalue weighted by Crippen LogP contribution is -2.42. The fourth-order valence-corrected chi connectivity index (χ4v) is 6.21. The summed E-state index contributed by atoms with van der Waals surface area (Å²) in [5.74, 6) is 1.28. The Morgan fingerprint density at radius 2 is 1.93 bits per heavy atom. The van der Waals surface area contributed by atoms with Gasteiger partial charge >= 0.3 is 0 Å². The van der Waals surface area contributed by atoms with Crippen molar-refractivity contribution in [2.24, 2.45) is 0 Å². The van der Waals surface area contributed by atoms with Crippen molar-refractivity contribution < 1.29 is 17.9 Å². The first kappa shape index (κ1) is 18.1. The van der Waals surface area contributed by atoms with Gasteiger partial charge in [-0.15, -0.1) is 11.3 Å². The molecule has 8 heteroatoms. The lowest BCUT2D eigenvalue weighted by atomic mass is 10.0. The third kappa shape index (κ3) is 3.03. The average molecular weight is 405 g/mol. The molecule has 3 heterocycles. The van der Waals surface area contributed by atoms with Crippen LogP contribution in [0.5, 0.6) is 11.5 Å². The van der Waals surface area contributed by atoms with Crippen molar-refractivity contribution >= 4 is 21.4 Å². The summed E-state index contributed by atoms with van der Waals surface area (Å²) in [4.78, 5) is 0. The largest absolute Gasteiger partial charge is 0.497 e. The fraction of sp³-hybridized carbons (Fsp3) is 0.263. The van der Waals surface area contributed by atoms with Crippen LogP contribution < -0.4 is 9.47 Å². The monoisotopic (exact) mass is 404 g/mol. The van der Waals surface area contributed by atoms with Gasteiger partial charge in [-0.1, -0.05) is 6.07 Å². The van der Waals surface area contributed by atoms with E-state index in [1.54, 1.807) is 36.0 Å². The molecular formula is C19H20N2O4S2. The topological polar surface area (TPSA) is 60.8 Å². The summed E-state index contributed by atoms with van der Waals surface area (Å²) in [6, 6.07) is 12.3. The van der Waals surface area contributed by atoms with E-state index < -0.39 is 16.1 Å². The van der Waals surface area contributed by atoms with Gasteiger partial charge in [0.05, 0.1) is 20.3 Å². The molecule has 0 spiro atoms. The van der Waals surface area contributed by atoms with Crippen LogP contribution in [0, 0.1) is 0 Å². The molecule has 1 unspecified atom stereocenters. The standard InChI is InChI=1S/C19H20N2O4S2/c1-24-14-7-8-17(25-2)15(13-14)19-16-5-3-9-20(16)10-11-21(19)27(22,23)18-6-4-12-26-18/h3-9,12-13,19H,10-11H2,1-2H3. The highest BCUT2D eigenvalue weighted by Crippen LogP contribution is 2.42. The Balaban J connectivity index is 1.91. The average Bonchev–Trinajstić information content (AvgIpc) is 3.38. The summed E-state index contributed by atoms with van der Waals surface area (Å²) in [5.41, 5.74) is 1.67. The van der Waals surface area contributed by atoms with E-state index >= 15 is 0 Å². The van der Waals surface area contributed by atoms with Gasteiger partial charge in [0.1, 0.15) is 15.7 Å². The Labute approximate surface area is 162 Å². The van der Waals surface area contributed by atoms with E-state index in [4.69, 9.17) is 9.47 Å². The molecule has 6 nitrogen and oxygen atoms in total. The van der Waals surface area contributed by atoms with Crippen LogP contribution in [-0.4, -0.2) is 38.1 Å². The van der Waals surface area contributed by atoms with Crippen LogP contribution >= 0.6 is 11.3 Å². The number of fused-ring (bicyclic) bond motifs is 1. The van der Waals surface area contributed by atoms with Gasteiger partial charge in [-0.05, 0) is 41.8 Å². The van der Waals surface area contributed by atoms with Gasteiger partial charge in [-0.3, -0.25) is 0 Å². The molecule has 1 aliphatic rings. The van der Waals surface area contributed by atoms with E-state index in [1.807, 2.05) is 36.5 Å². The Kier molecular flexibility index (Phi) is 4.71. The van der Waals surface area contributed by atoms with Crippen LogP contribution in [-0.2, 0) is 16.6 Å².